The molecule has 1 N–H and O–H groups in total. The van der Waals surface area contributed by atoms with E-state index in [0.29, 0.717) is 38.8 Å². The SMILES string of the molecule is CSC1=NN2C(=c3cc(Br)ccc3=N[C@H]2c2cc(Cl)ccc2OCc2ccccc2)C(=O)N1. The Hall–Kier alpha value is -2.81. The molecule has 6 nitrogen and oxygen atoms in total. The summed E-state index contributed by atoms with van der Waals surface area (Å²) in [6.07, 6.45) is 1.24. The Balaban J connectivity index is 1.65. The lowest BCUT2D eigenvalue weighted by molar-refractivity contribution is -0.116. The van der Waals surface area contributed by atoms with Crippen molar-refractivity contribution in [2.75, 3.05) is 6.26 Å². The highest BCUT2D eigenvalue weighted by Gasteiger charge is 2.35. The molecule has 3 aromatic carbocycles. The maximum atomic E-state index is 13.1. The number of hydrazone groups is 1. The van der Waals surface area contributed by atoms with Gasteiger partial charge in [0.2, 0.25) is 0 Å². The van der Waals surface area contributed by atoms with Gasteiger partial charge in [-0.05, 0) is 48.2 Å². The van der Waals surface area contributed by atoms with Gasteiger partial charge in [0.1, 0.15) is 18.1 Å². The summed E-state index contributed by atoms with van der Waals surface area (Å²) in [6, 6.07) is 21.0. The summed E-state index contributed by atoms with van der Waals surface area (Å²) < 4.78 is 7.03. The lowest BCUT2D eigenvalue weighted by Crippen LogP contribution is -2.50. The first-order valence-corrected chi connectivity index (χ1v) is 12.5. The molecule has 2 aliphatic heterocycles. The number of nitrogens with zero attached hydrogens (tertiary/aromatic N) is 3. The van der Waals surface area contributed by atoms with E-state index < -0.39 is 6.17 Å². The van der Waals surface area contributed by atoms with Gasteiger partial charge in [0.05, 0.1) is 5.36 Å². The number of amides is 1. The summed E-state index contributed by atoms with van der Waals surface area (Å²) in [5, 5.41) is 11.6. The molecule has 1 atom stereocenters. The van der Waals surface area contributed by atoms with E-state index in [4.69, 9.17) is 21.3 Å². The molecule has 0 spiro atoms. The average Bonchev–Trinajstić information content (AvgIpc) is 2.83. The third-order valence-corrected chi connectivity index (χ3v) is 6.55. The topological polar surface area (TPSA) is 66.3 Å². The largest absolute Gasteiger partial charge is 0.488 e. The van der Waals surface area contributed by atoms with Crippen LogP contribution in [0.5, 0.6) is 5.75 Å². The highest BCUT2D eigenvalue weighted by molar-refractivity contribution is 9.10. The quantitative estimate of drug-likeness (QED) is 0.538. The fourth-order valence-corrected chi connectivity index (χ4v) is 4.64. The van der Waals surface area contributed by atoms with E-state index >= 15 is 0 Å². The van der Waals surface area contributed by atoms with Gasteiger partial charge in [-0.25, -0.2) is 5.01 Å². The summed E-state index contributed by atoms with van der Waals surface area (Å²) >= 11 is 11.2. The molecule has 166 valence electrons. The zero-order valence-corrected chi connectivity index (χ0v) is 20.6. The number of thioether (sulfide) groups is 1. The highest BCUT2D eigenvalue weighted by Crippen LogP contribution is 2.37. The molecule has 0 radical (unpaired) electrons. The first kappa shape index (κ1) is 22.0. The van der Waals surface area contributed by atoms with Crippen LogP contribution in [-0.4, -0.2) is 22.3 Å². The van der Waals surface area contributed by atoms with Crippen LogP contribution in [0.2, 0.25) is 5.02 Å². The first-order valence-electron chi connectivity index (χ1n) is 10.1. The zero-order valence-electron chi connectivity index (χ0n) is 17.5. The number of hydrogen-bond acceptors (Lipinski definition) is 6. The second-order valence-corrected chi connectivity index (χ2v) is 9.52. The van der Waals surface area contributed by atoms with Crippen LogP contribution in [0.4, 0.5) is 0 Å². The average molecular weight is 542 g/mol. The van der Waals surface area contributed by atoms with Gasteiger partial charge in [-0.1, -0.05) is 69.6 Å². The smallest absolute Gasteiger partial charge is 0.276 e. The number of nitrogens with one attached hydrogen (secondary N) is 1. The summed E-state index contributed by atoms with van der Waals surface area (Å²) in [5.41, 5.74) is 2.20. The number of carbonyl (C=O) groups excluding carboxylic acids is 1. The van der Waals surface area contributed by atoms with Crippen LogP contribution in [0.25, 0.3) is 5.70 Å². The second-order valence-electron chi connectivity index (χ2n) is 7.38. The molecule has 0 aromatic heterocycles. The molecule has 0 saturated heterocycles. The Morgan fingerprint density at radius 3 is 2.76 bits per heavy atom. The van der Waals surface area contributed by atoms with Crippen LogP contribution in [0.1, 0.15) is 17.3 Å². The highest BCUT2D eigenvalue weighted by atomic mass is 79.9. The minimum atomic E-state index is -0.619. The lowest BCUT2D eigenvalue weighted by Gasteiger charge is -2.34. The Bertz CT molecular complexity index is 1400. The lowest BCUT2D eigenvalue weighted by atomic mass is 10.1. The molecule has 2 heterocycles. The van der Waals surface area contributed by atoms with E-state index in [9.17, 15) is 4.79 Å². The fourth-order valence-electron chi connectivity index (χ4n) is 3.73. The number of ether oxygens (including phenoxy) is 1. The van der Waals surface area contributed by atoms with Crippen molar-refractivity contribution in [3.05, 3.63) is 97.9 Å². The Morgan fingerprint density at radius 2 is 1.97 bits per heavy atom. The van der Waals surface area contributed by atoms with Crippen molar-refractivity contribution < 1.29 is 9.53 Å². The van der Waals surface area contributed by atoms with Gasteiger partial charge in [-0.15, -0.1) is 5.10 Å². The molecule has 3 aromatic rings. The van der Waals surface area contributed by atoms with Crippen LogP contribution in [0.15, 0.2) is 81.3 Å². The van der Waals surface area contributed by atoms with Gasteiger partial charge < -0.3 is 4.74 Å². The van der Waals surface area contributed by atoms with Crippen LogP contribution < -0.4 is 20.6 Å². The number of amidine groups is 1. The second kappa shape index (κ2) is 9.21. The van der Waals surface area contributed by atoms with E-state index in [0.717, 1.165) is 15.6 Å². The van der Waals surface area contributed by atoms with E-state index in [1.807, 2.05) is 66.9 Å². The third-order valence-electron chi connectivity index (χ3n) is 5.25. The standard InChI is InChI=1S/C24H18BrClN4O2S/c1-33-24-28-23(31)21-17-11-15(25)7-9-19(17)27-22(30(21)29-24)18-12-16(26)8-10-20(18)32-13-14-5-3-2-4-6-14/h2-12,22H,13H2,1H3,(H,28,29,31)/t22-/m1/s1. The maximum absolute atomic E-state index is 13.1. The monoisotopic (exact) mass is 540 g/mol. The van der Waals surface area contributed by atoms with E-state index in [1.165, 1.54) is 11.8 Å². The van der Waals surface area contributed by atoms with Gasteiger partial charge in [0, 0.05) is 20.3 Å². The summed E-state index contributed by atoms with van der Waals surface area (Å²) in [6.45, 7) is 0.391. The molecular weight excluding hydrogens is 524 g/mol. The van der Waals surface area contributed by atoms with Crippen molar-refractivity contribution in [1.82, 2.24) is 10.3 Å². The zero-order chi connectivity index (χ0) is 22.9. The van der Waals surface area contributed by atoms with Crippen LogP contribution in [0.3, 0.4) is 0 Å². The van der Waals surface area contributed by atoms with Crippen LogP contribution in [-0.2, 0) is 11.4 Å². The predicted octanol–water partition coefficient (Wildman–Crippen LogP) is 4.19. The van der Waals surface area contributed by atoms with Crippen molar-refractivity contribution >= 4 is 56.1 Å². The Kier molecular flexibility index (Phi) is 6.14. The molecule has 5 rings (SSSR count). The van der Waals surface area contributed by atoms with Gasteiger partial charge in [-0.3, -0.25) is 15.1 Å². The first-order chi connectivity index (χ1) is 16.0. The molecule has 0 fully saturated rings. The Labute approximate surface area is 208 Å². The molecular formula is C24H18BrClN4O2S. The number of hydrogen-bond donors (Lipinski definition) is 1. The van der Waals surface area contributed by atoms with Crippen molar-refractivity contribution in [1.29, 1.82) is 0 Å². The van der Waals surface area contributed by atoms with Crippen molar-refractivity contribution in [2.45, 2.75) is 12.8 Å². The Morgan fingerprint density at radius 1 is 1.15 bits per heavy atom. The molecule has 1 amide bonds. The number of benzene rings is 3. The minimum Gasteiger partial charge on any atom is -0.488 e. The maximum Gasteiger partial charge on any atom is 0.276 e. The van der Waals surface area contributed by atoms with Crippen molar-refractivity contribution in [2.24, 2.45) is 10.1 Å². The van der Waals surface area contributed by atoms with Crippen LogP contribution in [0, 0.1) is 0 Å². The number of fused-ring (bicyclic) bond motifs is 2. The molecule has 33 heavy (non-hydrogen) atoms. The van der Waals surface area contributed by atoms with Crippen LogP contribution >= 0.6 is 39.3 Å². The molecule has 2 aliphatic rings. The van der Waals surface area contributed by atoms with Crippen molar-refractivity contribution in [3.63, 3.8) is 0 Å². The predicted molar refractivity (Wildman–Crippen MR) is 134 cm³/mol. The van der Waals surface area contributed by atoms with E-state index in [-0.39, 0.29) is 5.91 Å². The van der Waals surface area contributed by atoms with Gasteiger partial charge in [-0.2, -0.15) is 0 Å². The molecule has 9 heteroatoms. The third kappa shape index (κ3) is 4.38. The van der Waals surface area contributed by atoms with Gasteiger partial charge in [0.15, 0.2) is 11.3 Å². The number of halogens is 2. The summed E-state index contributed by atoms with van der Waals surface area (Å²) in [4.78, 5) is 18.1. The minimum absolute atomic E-state index is 0.234. The molecule has 0 aliphatic carbocycles. The summed E-state index contributed by atoms with van der Waals surface area (Å²) in [7, 11) is 0. The molecule has 0 unspecified atom stereocenters. The van der Waals surface area contributed by atoms with E-state index in [1.54, 1.807) is 11.1 Å². The molecule has 0 bridgehead atoms. The van der Waals surface area contributed by atoms with E-state index in [2.05, 4.69) is 26.3 Å². The fraction of sp³-hybridized carbons (Fsp3) is 0.125. The van der Waals surface area contributed by atoms with Gasteiger partial charge >= 0.3 is 0 Å². The number of rotatable bonds is 4. The van der Waals surface area contributed by atoms with Crippen molar-refractivity contribution in [3.8, 4) is 5.75 Å². The van der Waals surface area contributed by atoms with Gasteiger partial charge in [0.25, 0.3) is 5.91 Å². The summed E-state index contributed by atoms with van der Waals surface area (Å²) in [5.74, 6) is 0.395. The normalized spacial score (nSPS) is 16.9. The molecule has 0 saturated carbocycles. The number of carbonyl (C=O) groups is 1.